The summed E-state index contributed by atoms with van der Waals surface area (Å²) in [5.41, 5.74) is 1.69. The summed E-state index contributed by atoms with van der Waals surface area (Å²) in [4.78, 5) is 23.6. The molecule has 1 aliphatic rings. The molecule has 0 bridgehead atoms. The highest BCUT2D eigenvalue weighted by atomic mass is 35.5. The number of halogens is 1. The molecule has 8 nitrogen and oxygen atoms in total. The maximum atomic E-state index is 13.4. The molecule has 0 saturated carbocycles. The van der Waals surface area contributed by atoms with E-state index in [0.717, 1.165) is 37.7 Å². The Balaban J connectivity index is 1.37. The van der Waals surface area contributed by atoms with Crippen LogP contribution in [0.4, 0.5) is 0 Å². The van der Waals surface area contributed by atoms with Crippen LogP contribution in [0.15, 0.2) is 58.4 Å². The van der Waals surface area contributed by atoms with Crippen molar-refractivity contribution in [3.63, 3.8) is 0 Å². The first-order chi connectivity index (χ1) is 16.8. The quantitative estimate of drug-likeness (QED) is 0.345. The number of pyridine rings is 1. The number of rotatable bonds is 7. The number of carbonyl (C=O) groups excluding carboxylic acids is 1. The van der Waals surface area contributed by atoms with Crippen molar-refractivity contribution in [1.29, 1.82) is 0 Å². The molecular formula is C23H21ClN4O4S3. The molecule has 12 heteroatoms. The number of thiazole rings is 1. The molecule has 1 unspecified atom stereocenters. The molecule has 3 aromatic heterocycles. The highest BCUT2D eigenvalue weighted by Gasteiger charge is 2.39. The molecule has 1 atom stereocenters. The average molecular weight is 549 g/mol. The Morgan fingerprint density at radius 1 is 1.26 bits per heavy atom. The number of benzene rings is 1. The minimum Gasteiger partial charge on any atom is -0.382 e. The van der Waals surface area contributed by atoms with E-state index >= 15 is 0 Å². The van der Waals surface area contributed by atoms with Gasteiger partial charge < -0.3 is 9.64 Å². The molecule has 0 spiro atoms. The summed E-state index contributed by atoms with van der Waals surface area (Å²) in [5, 5.41) is 4.03. The van der Waals surface area contributed by atoms with Gasteiger partial charge in [0.1, 0.15) is 9.22 Å². The van der Waals surface area contributed by atoms with Gasteiger partial charge >= 0.3 is 0 Å². The summed E-state index contributed by atoms with van der Waals surface area (Å²) in [5.74, 6) is -0.288. The van der Waals surface area contributed by atoms with Crippen LogP contribution in [0.3, 0.4) is 0 Å². The van der Waals surface area contributed by atoms with Crippen LogP contribution in [0, 0.1) is 0 Å². The topological polar surface area (TPSA) is 92.7 Å². The van der Waals surface area contributed by atoms with Gasteiger partial charge in [-0.2, -0.15) is 4.31 Å². The minimum atomic E-state index is -3.86. The number of fused-ring (bicyclic) bond motifs is 1. The van der Waals surface area contributed by atoms with Crippen molar-refractivity contribution < 1.29 is 17.9 Å². The van der Waals surface area contributed by atoms with Gasteiger partial charge in [0.15, 0.2) is 0 Å². The van der Waals surface area contributed by atoms with Crippen LogP contribution in [0.5, 0.6) is 0 Å². The van der Waals surface area contributed by atoms with Crippen LogP contribution in [0.25, 0.3) is 21.3 Å². The van der Waals surface area contributed by atoms with Crippen molar-refractivity contribution in [3.05, 3.63) is 64.2 Å². The lowest BCUT2D eigenvalue weighted by atomic mass is 10.2. The normalized spacial score (nSPS) is 17.4. The molecule has 182 valence electrons. The summed E-state index contributed by atoms with van der Waals surface area (Å²) in [7, 11) is -2.33. The molecular weight excluding hydrogens is 528 g/mol. The lowest BCUT2D eigenvalue weighted by molar-refractivity contribution is -0.139. The Kier molecular flexibility index (Phi) is 6.88. The third-order valence-corrected chi connectivity index (χ3v) is 10.1. The summed E-state index contributed by atoms with van der Waals surface area (Å²) in [6.45, 7) is 0.393. The second-order valence-electron chi connectivity index (χ2n) is 8.04. The van der Waals surface area contributed by atoms with Crippen LogP contribution in [-0.4, -0.2) is 66.3 Å². The van der Waals surface area contributed by atoms with E-state index < -0.39 is 16.1 Å². The van der Waals surface area contributed by atoms with Crippen molar-refractivity contribution in [3.8, 4) is 11.3 Å². The zero-order valence-electron chi connectivity index (χ0n) is 18.6. The van der Waals surface area contributed by atoms with Crippen LogP contribution in [0.2, 0.25) is 5.02 Å². The first kappa shape index (κ1) is 24.3. The van der Waals surface area contributed by atoms with Gasteiger partial charge in [-0.15, -0.1) is 22.7 Å². The van der Waals surface area contributed by atoms with Gasteiger partial charge in [-0.05, 0) is 35.7 Å². The minimum absolute atomic E-state index is 0.137. The number of hydrogen-bond donors (Lipinski definition) is 0. The van der Waals surface area contributed by atoms with Gasteiger partial charge in [-0.3, -0.25) is 9.78 Å². The molecule has 1 saturated heterocycles. The zero-order valence-corrected chi connectivity index (χ0v) is 21.8. The molecule has 0 N–H and O–H groups in total. The molecule has 1 aliphatic heterocycles. The first-order valence-corrected chi connectivity index (χ1v) is 14.2. The predicted octanol–water partition coefficient (Wildman–Crippen LogP) is 4.12. The van der Waals surface area contributed by atoms with Crippen LogP contribution < -0.4 is 0 Å². The fraction of sp³-hybridized carbons (Fsp3) is 0.261. The number of thiophene rings is 1. The molecule has 0 aliphatic carbocycles. The Bertz CT molecular complexity index is 1470. The Morgan fingerprint density at radius 2 is 2.11 bits per heavy atom. The second kappa shape index (κ2) is 9.92. The molecule has 4 aromatic rings. The first-order valence-electron chi connectivity index (χ1n) is 10.7. The molecule has 1 amide bonds. The van der Waals surface area contributed by atoms with Crippen LogP contribution in [-0.2, 0) is 26.1 Å². The largest absolute Gasteiger partial charge is 0.382 e. The van der Waals surface area contributed by atoms with E-state index in [1.165, 1.54) is 22.8 Å². The van der Waals surface area contributed by atoms with E-state index in [1.807, 2.05) is 17.5 Å². The number of methoxy groups -OCH3 is 1. The summed E-state index contributed by atoms with van der Waals surface area (Å²) in [6.07, 6.45) is 3.44. The van der Waals surface area contributed by atoms with Crippen molar-refractivity contribution >= 4 is 60.3 Å². The highest BCUT2D eigenvalue weighted by Crippen LogP contribution is 2.34. The van der Waals surface area contributed by atoms with E-state index in [-0.39, 0.29) is 36.4 Å². The number of piperazine rings is 1. The Morgan fingerprint density at radius 3 is 2.89 bits per heavy atom. The third kappa shape index (κ3) is 4.97. The van der Waals surface area contributed by atoms with Crippen molar-refractivity contribution in [2.75, 3.05) is 26.8 Å². The maximum Gasteiger partial charge on any atom is 0.253 e. The van der Waals surface area contributed by atoms with Crippen molar-refractivity contribution in [2.24, 2.45) is 0 Å². The zero-order chi connectivity index (χ0) is 24.6. The average Bonchev–Trinajstić information content (AvgIpc) is 3.49. The van der Waals surface area contributed by atoms with Gasteiger partial charge in [0.05, 0.1) is 31.4 Å². The number of sulfonamides is 1. The number of carbonyl (C=O) groups is 1. The van der Waals surface area contributed by atoms with E-state index in [0.29, 0.717) is 5.02 Å². The summed E-state index contributed by atoms with van der Waals surface area (Å²) >= 11 is 8.66. The molecule has 4 heterocycles. The number of hydrogen-bond acceptors (Lipinski definition) is 8. The molecule has 35 heavy (non-hydrogen) atoms. The number of ether oxygens (including phenoxy) is 1. The van der Waals surface area contributed by atoms with Crippen LogP contribution >= 0.6 is 34.3 Å². The standard InChI is InChI=1S/C23H21ClN4O4S3/c1-32-13-18-10-27(35(30,31)23-7-15-4-5-17(24)8-20(15)34-23)12-22(29)28(18)11-21-26-19(14-33-21)16-3-2-6-25-9-16/h2-9,14,18H,10-13H2,1H3. The second-order valence-corrected chi connectivity index (χ2v) is 12.7. The van der Waals surface area contributed by atoms with Crippen LogP contribution in [0.1, 0.15) is 5.01 Å². The summed E-state index contributed by atoms with van der Waals surface area (Å²) < 4.78 is 34.4. The van der Waals surface area contributed by atoms with Gasteiger partial charge in [-0.1, -0.05) is 17.7 Å². The van der Waals surface area contributed by atoms with E-state index in [1.54, 1.807) is 41.6 Å². The lowest BCUT2D eigenvalue weighted by Crippen LogP contribution is -2.58. The van der Waals surface area contributed by atoms with Crippen molar-refractivity contribution in [1.82, 2.24) is 19.2 Å². The number of amides is 1. The fourth-order valence-corrected chi connectivity index (χ4v) is 8.05. The molecule has 1 fully saturated rings. The Labute approximate surface area is 215 Å². The van der Waals surface area contributed by atoms with Gasteiger partial charge in [-0.25, -0.2) is 13.4 Å². The molecule has 1 aromatic carbocycles. The maximum absolute atomic E-state index is 13.4. The Hall–Kier alpha value is -2.41. The smallest absolute Gasteiger partial charge is 0.253 e. The van der Waals surface area contributed by atoms with Gasteiger partial charge in [0, 0.05) is 46.7 Å². The highest BCUT2D eigenvalue weighted by molar-refractivity contribution is 7.91. The summed E-state index contributed by atoms with van der Waals surface area (Å²) in [6, 6.07) is 10.2. The van der Waals surface area contributed by atoms with E-state index in [2.05, 4.69) is 9.97 Å². The molecule has 0 radical (unpaired) electrons. The van der Waals surface area contributed by atoms with Gasteiger partial charge in [0.2, 0.25) is 5.91 Å². The predicted molar refractivity (Wildman–Crippen MR) is 137 cm³/mol. The van der Waals surface area contributed by atoms with E-state index in [9.17, 15) is 13.2 Å². The lowest BCUT2D eigenvalue weighted by Gasteiger charge is -2.39. The SMILES string of the molecule is COCC1CN(S(=O)(=O)c2cc3ccc(Cl)cc3s2)CC(=O)N1Cc1nc(-c2cccnc2)cs1. The fourth-order valence-electron chi connectivity index (χ4n) is 3.99. The number of aromatic nitrogens is 2. The van der Waals surface area contributed by atoms with Gasteiger partial charge in [0.25, 0.3) is 10.0 Å². The monoisotopic (exact) mass is 548 g/mol. The number of nitrogens with zero attached hydrogens (tertiary/aromatic N) is 4. The third-order valence-electron chi connectivity index (χ3n) is 5.71. The van der Waals surface area contributed by atoms with Crippen molar-refractivity contribution in [2.45, 2.75) is 16.8 Å². The van der Waals surface area contributed by atoms with E-state index in [4.69, 9.17) is 16.3 Å². The molecule has 5 rings (SSSR count).